The van der Waals surface area contributed by atoms with Crippen LogP contribution < -0.4 is 5.32 Å². The van der Waals surface area contributed by atoms with Gasteiger partial charge in [-0.1, -0.05) is 0 Å². The van der Waals surface area contributed by atoms with Gasteiger partial charge in [0.1, 0.15) is 0 Å². The molecule has 1 aliphatic rings. The second kappa shape index (κ2) is 3.01. The summed E-state index contributed by atoms with van der Waals surface area (Å²) in [5, 5.41) is 2.90. The smallest absolute Gasteiger partial charge is 0.220 e. The first kappa shape index (κ1) is 7.54. The highest BCUT2D eigenvalue weighted by Gasteiger charge is 2.20. The van der Waals surface area contributed by atoms with Crippen LogP contribution in [0.4, 0.5) is 0 Å². The number of rotatable bonds is 2. The standard InChI is InChI=1S/C7H14N2O/c1-9(2)5-6-3-4-7(10)8-6/h6H,3-5H2,1-2H3,(H,8,10)/t6-/m0/s1. The molecule has 1 atom stereocenters. The Morgan fingerprint density at radius 3 is 2.80 bits per heavy atom. The largest absolute Gasteiger partial charge is 0.352 e. The van der Waals surface area contributed by atoms with E-state index in [9.17, 15) is 4.79 Å². The van der Waals surface area contributed by atoms with Crippen LogP contribution in [0, 0.1) is 0 Å². The fourth-order valence-electron chi connectivity index (χ4n) is 1.26. The van der Waals surface area contributed by atoms with E-state index in [4.69, 9.17) is 0 Å². The summed E-state index contributed by atoms with van der Waals surface area (Å²) in [7, 11) is 4.04. The SMILES string of the molecule is CN(C)C[C@@H]1CCC(=O)N1. The molecule has 0 unspecified atom stereocenters. The first-order valence-electron chi connectivity index (χ1n) is 3.62. The monoisotopic (exact) mass is 142 g/mol. The van der Waals surface area contributed by atoms with Crippen LogP contribution in [0.25, 0.3) is 0 Å². The van der Waals surface area contributed by atoms with Gasteiger partial charge in [0, 0.05) is 19.0 Å². The molecule has 0 saturated carbocycles. The van der Waals surface area contributed by atoms with E-state index in [0.29, 0.717) is 12.5 Å². The van der Waals surface area contributed by atoms with Gasteiger partial charge in [0.25, 0.3) is 0 Å². The van der Waals surface area contributed by atoms with Crippen molar-refractivity contribution in [2.24, 2.45) is 0 Å². The van der Waals surface area contributed by atoms with Crippen LogP contribution >= 0.6 is 0 Å². The Labute approximate surface area is 61.4 Å². The summed E-state index contributed by atoms with van der Waals surface area (Å²) in [5.74, 6) is 0.201. The highest BCUT2D eigenvalue weighted by Crippen LogP contribution is 2.06. The van der Waals surface area contributed by atoms with Gasteiger partial charge < -0.3 is 10.2 Å². The topological polar surface area (TPSA) is 32.3 Å². The summed E-state index contributed by atoms with van der Waals surface area (Å²) in [6.45, 7) is 0.964. The number of likely N-dealkylation sites (N-methyl/N-ethyl adjacent to an activating group) is 1. The molecule has 0 aliphatic carbocycles. The zero-order valence-electron chi connectivity index (χ0n) is 6.55. The molecule has 0 aromatic carbocycles. The summed E-state index contributed by atoms with van der Waals surface area (Å²) in [6, 6.07) is 0.391. The third-order valence-corrected chi connectivity index (χ3v) is 1.67. The minimum Gasteiger partial charge on any atom is -0.352 e. The summed E-state index contributed by atoms with van der Waals surface area (Å²) >= 11 is 0. The van der Waals surface area contributed by atoms with Gasteiger partial charge >= 0.3 is 0 Å². The maximum absolute atomic E-state index is 10.7. The number of hydrogen-bond donors (Lipinski definition) is 1. The quantitative estimate of drug-likeness (QED) is 0.580. The van der Waals surface area contributed by atoms with Crippen molar-refractivity contribution in [1.82, 2.24) is 10.2 Å². The number of carbonyl (C=O) groups excluding carboxylic acids is 1. The van der Waals surface area contributed by atoms with Crippen molar-refractivity contribution in [3.05, 3.63) is 0 Å². The molecule has 58 valence electrons. The average Bonchev–Trinajstić information content (AvgIpc) is 2.13. The number of amides is 1. The van der Waals surface area contributed by atoms with Gasteiger partial charge in [-0.2, -0.15) is 0 Å². The lowest BCUT2D eigenvalue weighted by Gasteiger charge is -2.15. The van der Waals surface area contributed by atoms with E-state index in [-0.39, 0.29) is 5.91 Å². The molecule has 3 nitrogen and oxygen atoms in total. The first-order valence-corrected chi connectivity index (χ1v) is 3.62. The van der Waals surface area contributed by atoms with Gasteiger partial charge in [-0.3, -0.25) is 4.79 Å². The van der Waals surface area contributed by atoms with E-state index in [2.05, 4.69) is 10.2 Å². The first-order chi connectivity index (χ1) is 4.68. The van der Waals surface area contributed by atoms with Crippen LogP contribution in [-0.2, 0) is 4.79 Å². The molecule has 0 bridgehead atoms. The van der Waals surface area contributed by atoms with E-state index >= 15 is 0 Å². The molecular formula is C7H14N2O. The van der Waals surface area contributed by atoms with Gasteiger partial charge in [0.2, 0.25) is 5.91 Å². The van der Waals surface area contributed by atoms with Gasteiger partial charge in [0.15, 0.2) is 0 Å². The van der Waals surface area contributed by atoms with Crippen molar-refractivity contribution in [1.29, 1.82) is 0 Å². The van der Waals surface area contributed by atoms with Crippen LogP contribution in [-0.4, -0.2) is 37.5 Å². The Bertz CT molecular complexity index is 134. The zero-order valence-corrected chi connectivity index (χ0v) is 6.55. The highest BCUT2D eigenvalue weighted by molar-refractivity contribution is 5.78. The lowest BCUT2D eigenvalue weighted by molar-refractivity contribution is -0.119. The van der Waals surface area contributed by atoms with Crippen molar-refractivity contribution >= 4 is 5.91 Å². The predicted molar refractivity (Wildman–Crippen MR) is 39.7 cm³/mol. The van der Waals surface area contributed by atoms with Gasteiger partial charge in [-0.15, -0.1) is 0 Å². The molecule has 0 spiro atoms. The Morgan fingerprint density at radius 1 is 1.70 bits per heavy atom. The van der Waals surface area contributed by atoms with Crippen LogP contribution in [0.2, 0.25) is 0 Å². The molecule has 1 saturated heterocycles. The molecule has 1 N–H and O–H groups in total. The Kier molecular flexibility index (Phi) is 2.27. The molecule has 1 rings (SSSR count). The van der Waals surface area contributed by atoms with Crippen LogP contribution in [0.3, 0.4) is 0 Å². The average molecular weight is 142 g/mol. The highest BCUT2D eigenvalue weighted by atomic mass is 16.1. The minimum atomic E-state index is 0.201. The van der Waals surface area contributed by atoms with Gasteiger partial charge in [0.05, 0.1) is 0 Å². The lowest BCUT2D eigenvalue weighted by Crippen LogP contribution is -2.34. The second-order valence-corrected chi connectivity index (χ2v) is 3.07. The number of hydrogen-bond acceptors (Lipinski definition) is 2. The van der Waals surface area contributed by atoms with Crippen LogP contribution in [0.1, 0.15) is 12.8 Å². The van der Waals surface area contributed by atoms with Crippen molar-refractivity contribution in [3.8, 4) is 0 Å². The molecule has 0 radical (unpaired) electrons. The molecular weight excluding hydrogens is 128 g/mol. The normalized spacial score (nSPS) is 25.5. The molecule has 1 aliphatic heterocycles. The van der Waals surface area contributed by atoms with E-state index < -0.39 is 0 Å². The molecule has 0 aromatic heterocycles. The van der Waals surface area contributed by atoms with Crippen LogP contribution in [0.5, 0.6) is 0 Å². The predicted octanol–water partition coefficient (Wildman–Crippen LogP) is -0.173. The maximum Gasteiger partial charge on any atom is 0.220 e. The van der Waals surface area contributed by atoms with Crippen molar-refractivity contribution in [2.75, 3.05) is 20.6 Å². The fraction of sp³-hybridized carbons (Fsp3) is 0.857. The summed E-state index contributed by atoms with van der Waals surface area (Å²) in [5.41, 5.74) is 0. The number of nitrogens with zero attached hydrogens (tertiary/aromatic N) is 1. The summed E-state index contributed by atoms with van der Waals surface area (Å²) in [6.07, 6.45) is 1.70. The number of carbonyl (C=O) groups is 1. The van der Waals surface area contributed by atoms with Gasteiger partial charge in [-0.25, -0.2) is 0 Å². The minimum absolute atomic E-state index is 0.201. The molecule has 0 aromatic rings. The summed E-state index contributed by atoms with van der Waals surface area (Å²) < 4.78 is 0. The van der Waals surface area contributed by atoms with Crippen molar-refractivity contribution < 1.29 is 4.79 Å². The van der Waals surface area contributed by atoms with E-state index in [0.717, 1.165) is 13.0 Å². The molecule has 1 fully saturated rings. The Balaban J connectivity index is 2.24. The lowest BCUT2D eigenvalue weighted by atomic mass is 10.2. The van der Waals surface area contributed by atoms with Crippen molar-refractivity contribution in [3.63, 3.8) is 0 Å². The van der Waals surface area contributed by atoms with Crippen LogP contribution in [0.15, 0.2) is 0 Å². The van der Waals surface area contributed by atoms with Gasteiger partial charge in [-0.05, 0) is 20.5 Å². The Hall–Kier alpha value is -0.570. The number of nitrogens with one attached hydrogen (secondary N) is 1. The zero-order chi connectivity index (χ0) is 7.56. The molecule has 1 amide bonds. The molecule has 10 heavy (non-hydrogen) atoms. The summed E-state index contributed by atoms with van der Waals surface area (Å²) in [4.78, 5) is 12.8. The molecule has 1 heterocycles. The van der Waals surface area contributed by atoms with E-state index in [1.54, 1.807) is 0 Å². The second-order valence-electron chi connectivity index (χ2n) is 3.07. The fourth-order valence-corrected chi connectivity index (χ4v) is 1.26. The third-order valence-electron chi connectivity index (χ3n) is 1.67. The Morgan fingerprint density at radius 2 is 2.40 bits per heavy atom. The maximum atomic E-state index is 10.7. The molecule has 3 heteroatoms. The third kappa shape index (κ3) is 1.99. The van der Waals surface area contributed by atoms with E-state index in [1.807, 2.05) is 14.1 Å². The van der Waals surface area contributed by atoms with E-state index in [1.165, 1.54) is 0 Å². The van der Waals surface area contributed by atoms with Crippen molar-refractivity contribution in [2.45, 2.75) is 18.9 Å².